The van der Waals surface area contributed by atoms with Crippen LogP contribution in [0.3, 0.4) is 0 Å². The number of urea groups is 1. The number of thioether (sulfide) groups is 1. The van der Waals surface area contributed by atoms with Crippen LogP contribution in [0.1, 0.15) is 61.9 Å². The summed E-state index contributed by atoms with van der Waals surface area (Å²) in [5, 5.41) is 13.0. The van der Waals surface area contributed by atoms with Crippen molar-refractivity contribution >= 4 is 29.7 Å². The minimum absolute atomic E-state index is 0.0645. The highest BCUT2D eigenvalue weighted by atomic mass is 32.2. The van der Waals surface area contributed by atoms with E-state index < -0.39 is 0 Å². The van der Waals surface area contributed by atoms with Crippen molar-refractivity contribution in [2.24, 2.45) is 0 Å². The van der Waals surface area contributed by atoms with Crippen molar-refractivity contribution in [1.82, 2.24) is 21.1 Å². The van der Waals surface area contributed by atoms with E-state index >= 15 is 0 Å². The number of furan rings is 1. The Morgan fingerprint density at radius 2 is 2.03 bits per heavy atom. The van der Waals surface area contributed by atoms with Crippen LogP contribution >= 0.6 is 11.8 Å². The van der Waals surface area contributed by atoms with E-state index in [0.29, 0.717) is 36.3 Å². The molecule has 4 heterocycles. The van der Waals surface area contributed by atoms with Gasteiger partial charge < -0.3 is 29.6 Å². The van der Waals surface area contributed by atoms with Gasteiger partial charge in [0.15, 0.2) is 11.5 Å². The molecule has 2 aliphatic heterocycles. The van der Waals surface area contributed by atoms with Crippen LogP contribution in [0.4, 0.5) is 4.79 Å². The number of amides is 3. The van der Waals surface area contributed by atoms with Gasteiger partial charge in [-0.15, -0.1) is 0 Å². The van der Waals surface area contributed by atoms with Gasteiger partial charge in [-0.2, -0.15) is 11.8 Å². The summed E-state index contributed by atoms with van der Waals surface area (Å²) < 4.78 is 15.7. The number of carbonyl (C=O) groups excluding carboxylic acids is 3. The zero-order valence-electron chi connectivity index (χ0n) is 19.6. The largest absolute Gasteiger partial charge is 0.466 e. The lowest BCUT2D eigenvalue weighted by Gasteiger charge is -2.16. The third-order valence-corrected chi connectivity index (χ3v) is 7.69. The fourth-order valence-electron chi connectivity index (χ4n) is 4.31. The van der Waals surface area contributed by atoms with Crippen molar-refractivity contribution in [2.75, 3.05) is 18.9 Å². The van der Waals surface area contributed by atoms with E-state index in [1.165, 1.54) is 6.26 Å². The average molecular weight is 505 g/mol. The fraction of sp³-hybridized carbons (Fsp3) is 0.583. The topological polar surface area (TPSA) is 136 Å². The van der Waals surface area contributed by atoms with Crippen LogP contribution in [-0.2, 0) is 9.53 Å². The second-order valence-corrected chi connectivity index (χ2v) is 10.1. The first-order chi connectivity index (χ1) is 17.1. The quantitative estimate of drug-likeness (QED) is 0.202. The van der Waals surface area contributed by atoms with Crippen LogP contribution < -0.4 is 16.0 Å². The molecule has 190 valence electrons. The predicted molar refractivity (Wildman–Crippen MR) is 130 cm³/mol. The Labute approximate surface area is 208 Å². The molecule has 0 bridgehead atoms. The second-order valence-electron chi connectivity index (χ2n) is 8.81. The van der Waals surface area contributed by atoms with Crippen molar-refractivity contribution in [2.45, 2.75) is 68.7 Å². The molecule has 10 nitrogen and oxygen atoms in total. The van der Waals surface area contributed by atoms with Gasteiger partial charge in [-0.05, 0) is 44.2 Å². The summed E-state index contributed by atoms with van der Waals surface area (Å²) in [6.07, 6.45) is 8.23. The summed E-state index contributed by atoms with van der Waals surface area (Å²) >= 11 is 1.89. The van der Waals surface area contributed by atoms with Crippen molar-refractivity contribution in [3.63, 3.8) is 0 Å². The minimum atomic E-state index is -0.281. The normalized spacial score (nSPS) is 20.8. The maximum Gasteiger partial charge on any atom is 0.315 e. The number of rotatable bonds is 14. The van der Waals surface area contributed by atoms with Crippen molar-refractivity contribution < 1.29 is 28.1 Å². The van der Waals surface area contributed by atoms with Crippen molar-refractivity contribution in [3.8, 4) is 11.5 Å². The number of carbonyl (C=O) groups is 3. The summed E-state index contributed by atoms with van der Waals surface area (Å²) in [5.74, 6) is 1.47. The number of nitrogens with zero attached hydrogens (tertiary/aromatic N) is 1. The van der Waals surface area contributed by atoms with E-state index in [2.05, 4.69) is 21.1 Å². The molecular formula is C24H32N4O6S. The number of unbranched alkanes of at least 4 members (excludes halogenated alkanes) is 4. The monoisotopic (exact) mass is 504 g/mol. The Morgan fingerprint density at radius 3 is 2.89 bits per heavy atom. The lowest BCUT2D eigenvalue weighted by atomic mass is 10.0. The minimum Gasteiger partial charge on any atom is -0.466 e. The Kier molecular flexibility index (Phi) is 9.10. The highest BCUT2D eigenvalue weighted by molar-refractivity contribution is 8.00. The van der Waals surface area contributed by atoms with Gasteiger partial charge in [0.05, 0.1) is 25.0 Å². The Bertz CT molecular complexity index is 979. The first-order valence-electron chi connectivity index (χ1n) is 12.2. The molecule has 0 aliphatic carbocycles. The molecule has 11 heteroatoms. The predicted octanol–water partition coefficient (Wildman–Crippen LogP) is 3.49. The zero-order valence-corrected chi connectivity index (χ0v) is 20.4. The highest BCUT2D eigenvalue weighted by Crippen LogP contribution is 2.33. The number of hydrogen-bond acceptors (Lipinski definition) is 8. The highest BCUT2D eigenvalue weighted by Gasteiger charge is 2.42. The van der Waals surface area contributed by atoms with Crippen LogP contribution in [0.25, 0.3) is 11.5 Å². The van der Waals surface area contributed by atoms with E-state index in [9.17, 15) is 14.4 Å². The molecule has 2 aliphatic rings. The smallest absolute Gasteiger partial charge is 0.315 e. The molecule has 2 aromatic rings. The summed E-state index contributed by atoms with van der Waals surface area (Å²) in [4.78, 5) is 35.5. The maximum atomic E-state index is 12.1. The summed E-state index contributed by atoms with van der Waals surface area (Å²) in [6, 6.07) is 5.42. The lowest BCUT2D eigenvalue weighted by Crippen LogP contribution is -2.36. The van der Waals surface area contributed by atoms with Crippen LogP contribution in [0, 0.1) is 0 Å². The van der Waals surface area contributed by atoms with E-state index in [-0.39, 0.29) is 35.7 Å². The molecule has 0 spiro atoms. The van der Waals surface area contributed by atoms with Crippen LogP contribution in [0.15, 0.2) is 33.4 Å². The molecule has 3 N–H and O–H groups in total. The third kappa shape index (κ3) is 7.27. The van der Waals surface area contributed by atoms with Gasteiger partial charge in [0.1, 0.15) is 0 Å². The Morgan fingerprint density at radius 1 is 1.14 bits per heavy atom. The average Bonchev–Trinajstić information content (AvgIpc) is 3.63. The van der Waals surface area contributed by atoms with Gasteiger partial charge in [0, 0.05) is 30.0 Å². The van der Waals surface area contributed by atoms with Gasteiger partial charge in [-0.3, -0.25) is 9.59 Å². The number of hydrogen-bond donors (Lipinski definition) is 3. The molecule has 3 atom stereocenters. The molecule has 0 aromatic carbocycles. The lowest BCUT2D eigenvalue weighted by molar-refractivity contribution is -0.143. The summed E-state index contributed by atoms with van der Waals surface area (Å²) in [5.41, 5.74) is 0.219. The van der Waals surface area contributed by atoms with Gasteiger partial charge >= 0.3 is 12.0 Å². The van der Waals surface area contributed by atoms with Gasteiger partial charge in [0.2, 0.25) is 5.76 Å². The van der Waals surface area contributed by atoms with E-state index in [1.807, 2.05) is 11.8 Å². The number of nitrogens with one attached hydrogen (secondary N) is 3. The molecule has 2 saturated heterocycles. The summed E-state index contributed by atoms with van der Waals surface area (Å²) in [6.45, 7) is 0.974. The number of esters is 1. The van der Waals surface area contributed by atoms with E-state index in [0.717, 1.165) is 50.7 Å². The number of aromatic nitrogens is 1. The zero-order chi connectivity index (χ0) is 24.5. The Hall–Kier alpha value is -2.95. The first-order valence-corrected chi connectivity index (χ1v) is 13.3. The fourth-order valence-corrected chi connectivity index (χ4v) is 5.85. The van der Waals surface area contributed by atoms with Gasteiger partial charge in [-0.25, -0.2) is 4.79 Å². The van der Waals surface area contributed by atoms with E-state index in [4.69, 9.17) is 13.7 Å². The maximum absolute atomic E-state index is 12.1. The molecule has 0 radical (unpaired) electrons. The van der Waals surface area contributed by atoms with Crippen LogP contribution in [-0.4, -0.2) is 59.3 Å². The van der Waals surface area contributed by atoms with Gasteiger partial charge in [0.25, 0.3) is 5.91 Å². The molecule has 35 heavy (non-hydrogen) atoms. The number of ether oxygens (including phenoxy) is 1. The number of fused-ring (bicyclic) bond motifs is 1. The van der Waals surface area contributed by atoms with Crippen molar-refractivity contribution in [3.05, 3.63) is 30.2 Å². The molecular weight excluding hydrogens is 472 g/mol. The summed E-state index contributed by atoms with van der Waals surface area (Å²) in [7, 11) is 0. The Balaban J connectivity index is 0.963. The van der Waals surface area contributed by atoms with Crippen molar-refractivity contribution in [1.29, 1.82) is 0 Å². The van der Waals surface area contributed by atoms with Crippen LogP contribution in [0.2, 0.25) is 0 Å². The molecule has 4 rings (SSSR count). The standard InChI is InChI=1S/C24H32N4O6S/c29-21(10-4-3-9-20-22-17(15-35-20)26-24(31)27-22)33-12-6-2-1-5-11-25-23(30)16-14-19(34-28-16)18-8-7-13-32-18/h7-8,13-14,17,20,22H,1-6,9-12,15H2,(H,25,30)(H2,26,27,31)/t17-,20-,22-/m0/s1. The SMILES string of the molecule is O=C1N[C@H]2[C@H](CS[C@H]2CCCCC(=O)OCCCCCCNC(=O)c2cc(-c3ccco3)on2)N1. The second kappa shape index (κ2) is 12.7. The first kappa shape index (κ1) is 25.2. The molecule has 2 fully saturated rings. The van der Waals surface area contributed by atoms with E-state index in [1.54, 1.807) is 18.2 Å². The molecule has 3 amide bonds. The molecule has 0 unspecified atom stereocenters. The van der Waals surface area contributed by atoms with Crippen LogP contribution in [0.5, 0.6) is 0 Å². The van der Waals surface area contributed by atoms with Gasteiger partial charge in [-0.1, -0.05) is 18.0 Å². The molecule has 0 saturated carbocycles. The third-order valence-electron chi connectivity index (χ3n) is 6.18. The molecule has 2 aromatic heterocycles.